The van der Waals surface area contributed by atoms with Gasteiger partial charge in [-0.15, -0.1) is 0 Å². The van der Waals surface area contributed by atoms with Crippen LogP contribution in [-0.2, 0) is 14.0 Å². The molecule has 0 radical (unpaired) electrons. The fourth-order valence-corrected chi connectivity index (χ4v) is 4.62. The molecule has 17 heavy (non-hydrogen) atoms. The standard InChI is InChI=1S/C10H20ClINO3P/c1-10(2)15-8-9(16-10)4-7-17(11,14)13(3)6-5-12/h9H,4-8H2,1-3H3. The highest BCUT2D eigenvalue weighted by Gasteiger charge is 2.34. The molecule has 4 nitrogen and oxygen atoms in total. The highest BCUT2D eigenvalue weighted by molar-refractivity contribution is 14.1. The quantitative estimate of drug-likeness (QED) is 0.393. The van der Waals surface area contributed by atoms with Gasteiger partial charge in [-0.05, 0) is 38.6 Å². The summed E-state index contributed by atoms with van der Waals surface area (Å²) in [5.74, 6) is -0.519. The SMILES string of the molecule is CN(CCI)P(=O)(Cl)CCC1COC(C)(C)O1. The normalized spacial score (nSPS) is 27.3. The van der Waals surface area contributed by atoms with E-state index in [-0.39, 0.29) is 6.10 Å². The number of rotatable bonds is 6. The van der Waals surface area contributed by atoms with Crippen molar-refractivity contribution >= 4 is 40.5 Å². The first-order chi connectivity index (χ1) is 7.77. The van der Waals surface area contributed by atoms with Gasteiger partial charge in [0.15, 0.2) is 5.79 Å². The van der Waals surface area contributed by atoms with Crippen LogP contribution in [-0.4, -0.2) is 47.4 Å². The molecule has 0 saturated carbocycles. The Morgan fingerprint density at radius 3 is 2.71 bits per heavy atom. The minimum atomic E-state index is -2.73. The molecular formula is C10H20ClINO3P. The molecule has 1 fully saturated rings. The third-order valence-corrected chi connectivity index (χ3v) is 6.51. The highest BCUT2D eigenvalue weighted by atomic mass is 127. The van der Waals surface area contributed by atoms with Gasteiger partial charge < -0.3 is 9.47 Å². The highest BCUT2D eigenvalue weighted by Crippen LogP contribution is 2.54. The summed E-state index contributed by atoms with van der Waals surface area (Å²) in [4.78, 5) is 0. The minimum Gasteiger partial charge on any atom is -0.348 e. The maximum atomic E-state index is 12.2. The number of alkyl halides is 1. The van der Waals surface area contributed by atoms with Crippen LogP contribution in [0.15, 0.2) is 0 Å². The molecule has 0 bridgehead atoms. The molecule has 0 spiro atoms. The molecule has 2 atom stereocenters. The van der Waals surface area contributed by atoms with E-state index in [4.69, 9.17) is 20.7 Å². The summed E-state index contributed by atoms with van der Waals surface area (Å²) in [5.41, 5.74) is 0. The van der Waals surface area contributed by atoms with Gasteiger partial charge in [-0.1, -0.05) is 22.6 Å². The molecule has 0 amide bonds. The van der Waals surface area contributed by atoms with Gasteiger partial charge in [0.05, 0.1) is 12.7 Å². The number of halogens is 2. The Morgan fingerprint density at radius 2 is 2.24 bits per heavy atom. The van der Waals surface area contributed by atoms with Crippen molar-refractivity contribution in [3.63, 3.8) is 0 Å². The van der Waals surface area contributed by atoms with Gasteiger partial charge in [-0.3, -0.25) is 4.57 Å². The maximum absolute atomic E-state index is 12.2. The lowest BCUT2D eigenvalue weighted by molar-refractivity contribution is -0.138. The molecule has 102 valence electrons. The zero-order chi connectivity index (χ0) is 13.1. The minimum absolute atomic E-state index is 0.00470. The Bertz CT molecular complexity index is 303. The smallest absolute Gasteiger partial charge is 0.234 e. The maximum Gasteiger partial charge on any atom is 0.234 e. The second kappa shape index (κ2) is 6.53. The van der Waals surface area contributed by atoms with Crippen LogP contribution in [0, 0.1) is 0 Å². The molecule has 0 aromatic rings. The number of ether oxygens (including phenoxy) is 2. The van der Waals surface area contributed by atoms with Gasteiger partial charge in [-0.2, -0.15) is 0 Å². The zero-order valence-electron chi connectivity index (χ0n) is 10.5. The van der Waals surface area contributed by atoms with E-state index in [0.717, 1.165) is 11.0 Å². The van der Waals surface area contributed by atoms with Crippen molar-refractivity contribution in [2.75, 3.05) is 30.8 Å². The lowest BCUT2D eigenvalue weighted by atomic mass is 10.3. The molecule has 1 heterocycles. The summed E-state index contributed by atoms with van der Waals surface area (Å²) in [5, 5.41) is 0. The molecule has 1 aliphatic rings. The van der Waals surface area contributed by atoms with Crippen LogP contribution in [0.2, 0.25) is 0 Å². The predicted octanol–water partition coefficient (Wildman–Crippen LogP) is 3.33. The van der Waals surface area contributed by atoms with Crippen molar-refractivity contribution in [1.29, 1.82) is 0 Å². The van der Waals surface area contributed by atoms with Crippen LogP contribution in [0.5, 0.6) is 0 Å². The Balaban J connectivity index is 2.37. The van der Waals surface area contributed by atoms with Gasteiger partial charge in [0.25, 0.3) is 0 Å². The monoisotopic (exact) mass is 395 g/mol. The third kappa shape index (κ3) is 5.33. The molecule has 0 aromatic heterocycles. The van der Waals surface area contributed by atoms with E-state index in [9.17, 15) is 4.57 Å². The summed E-state index contributed by atoms with van der Waals surface area (Å²) in [6, 6.07) is 0. The van der Waals surface area contributed by atoms with Crippen molar-refractivity contribution in [2.24, 2.45) is 0 Å². The molecule has 1 aliphatic heterocycles. The molecule has 0 aromatic carbocycles. The van der Waals surface area contributed by atoms with E-state index in [0.29, 0.717) is 19.2 Å². The Labute approximate surface area is 122 Å². The van der Waals surface area contributed by atoms with Crippen molar-refractivity contribution in [3.8, 4) is 0 Å². The van der Waals surface area contributed by atoms with E-state index < -0.39 is 12.4 Å². The molecule has 7 heteroatoms. The number of hydrogen-bond donors (Lipinski definition) is 0. The molecule has 0 aliphatic carbocycles. The fourth-order valence-electron chi connectivity index (χ4n) is 1.65. The van der Waals surface area contributed by atoms with Gasteiger partial charge in [0.2, 0.25) is 6.65 Å². The largest absolute Gasteiger partial charge is 0.348 e. The lowest BCUT2D eigenvalue weighted by Gasteiger charge is -2.23. The van der Waals surface area contributed by atoms with Gasteiger partial charge in [-0.25, -0.2) is 4.67 Å². The summed E-state index contributed by atoms with van der Waals surface area (Å²) in [6.07, 6.45) is 1.15. The second-order valence-electron chi connectivity index (χ2n) is 4.65. The van der Waals surface area contributed by atoms with E-state index in [1.54, 1.807) is 4.67 Å². The third-order valence-electron chi connectivity index (χ3n) is 2.71. The summed E-state index contributed by atoms with van der Waals surface area (Å²) in [7, 11) is 1.81. The number of hydrogen-bond acceptors (Lipinski definition) is 3. The molecule has 2 unspecified atom stereocenters. The van der Waals surface area contributed by atoms with E-state index >= 15 is 0 Å². The molecule has 1 rings (SSSR count). The molecule has 0 N–H and O–H groups in total. The van der Waals surface area contributed by atoms with Crippen molar-refractivity contribution in [2.45, 2.75) is 32.2 Å². The van der Waals surface area contributed by atoms with Crippen molar-refractivity contribution in [3.05, 3.63) is 0 Å². The van der Waals surface area contributed by atoms with Crippen molar-refractivity contribution in [1.82, 2.24) is 4.67 Å². The van der Waals surface area contributed by atoms with E-state index in [1.165, 1.54) is 0 Å². The van der Waals surface area contributed by atoms with Crippen LogP contribution in [0.1, 0.15) is 20.3 Å². The summed E-state index contributed by atoms with van der Waals surface area (Å²) < 4.78 is 26.0. The van der Waals surface area contributed by atoms with Crippen molar-refractivity contribution < 1.29 is 14.0 Å². The number of nitrogens with zero attached hydrogens (tertiary/aromatic N) is 1. The molecule has 1 saturated heterocycles. The first kappa shape index (κ1) is 16.2. The Hall–Kier alpha value is 1.13. The van der Waals surface area contributed by atoms with Crippen LogP contribution in [0.3, 0.4) is 0 Å². The summed E-state index contributed by atoms with van der Waals surface area (Å²) in [6.45, 7) is 2.34. The average molecular weight is 396 g/mol. The van der Waals surface area contributed by atoms with Crippen LogP contribution < -0.4 is 0 Å². The van der Waals surface area contributed by atoms with Crippen LogP contribution >= 0.6 is 40.5 Å². The topological polar surface area (TPSA) is 38.8 Å². The zero-order valence-corrected chi connectivity index (χ0v) is 14.3. The second-order valence-corrected chi connectivity index (χ2v) is 9.68. The Morgan fingerprint density at radius 1 is 1.59 bits per heavy atom. The predicted molar refractivity (Wildman–Crippen MR) is 79.4 cm³/mol. The van der Waals surface area contributed by atoms with E-state index in [1.807, 2.05) is 20.9 Å². The first-order valence-electron chi connectivity index (χ1n) is 5.65. The van der Waals surface area contributed by atoms with Crippen LogP contribution in [0.4, 0.5) is 0 Å². The fraction of sp³-hybridized carbons (Fsp3) is 1.00. The summed E-state index contributed by atoms with van der Waals surface area (Å²) >= 11 is 8.34. The lowest BCUT2D eigenvalue weighted by Crippen LogP contribution is -2.23. The first-order valence-corrected chi connectivity index (χ1v) is 9.92. The Kier molecular flexibility index (Phi) is 6.21. The molecular weight excluding hydrogens is 375 g/mol. The van der Waals surface area contributed by atoms with Gasteiger partial charge in [0.1, 0.15) is 0 Å². The van der Waals surface area contributed by atoms with E-state index in [2.05, 4.69) is 22.6 Å². The van der Waals surface area contributed by atoms with Crippen LogP contribution in [0.25, 0.3) is 0 Å². The average Bonchev–Trinajstić information content (AvgIpc) is 2.56. The van der Waals surface area contributed by atoms with Gasteiger partial charge in [0, 0.05) is 17.1 Å². The van der Waals surface area contributed by atoms with Gasteiger partial charge >= 0.3 is 0 Å².